The topological polar surface area (TPSA) is 138 Å². The van der Waals surface area contributed by atoms with Gasteiger partial charge >= 0.3 is 12.2 Å². The SMILES string of the molecule is CC(C)(C)OC(=O)NCCCC[C@@H](NC(=O)C1CCNCC1)C(=O)N1CC[C@H](NC(=O)OC(C)(C)C)C1. The number of rotatable bonds is 9. The zero-order valence-corrected chi connectivity index (χ0v) is 23.4. The van der Waals surface area contributed by atoms with E-state index >= 15 is 0 Å². The molecule has 0 unspecified atom stereocenters. The highest BCUT2D eigenvalue weighted by Gasteiger charge is 2.34. The molecule has 11 nitrogen and oxygen atoms in total. The lowest BCUT2D eigenvalue weighted by molar-refractivity contribution is -0.137. The van der Waals surface area contributed by atoms with Gasteiger partial charge in [-0.15, -0.1) is 0 Å². The number of hydrogen-bond donors (Lipinski definition) is 4. The van der Waals surface area contributed by atoms with Crippen LogP contribution in [0.2, 0.25) is 0 Å². The normalized spacial score (nSPS) is 19.6. The van der Waals surface area contributed by atoms with E-state index in [1.54, 1.807) is 46.4 Å². The molecule has 4 N–H and O–H groups in total. The van der Waals surface area contributed by atoms with Gasteiger partial charge in [-0.05, 0) is 93.2 Å². The summed E-state index contributed by atoms with van der Waals surface area (Å²) in [7, 11) is 0. The summed E-state index contributed by atoms with van der Waals surface area (Å²) in [6, 6.07) is -0.846. The highest BCUT2D eigenvalue weighted by Crippen LogP contribution is 2.17. The van der Waals surface area contributed by atoms with Crippen LogP contribution in [0.15, 0.2) is 0 Å². The first kappa shape index (κ1) is 30.7. The third kappa shape index (κ3) is 12.0. The molecule has 0 bridgehead atoms. The number of likely N-dealkylation sites (tertiary alicyclic amines) is 1. The zero-order chi connectivity index (χ0) is 27.6. The highest BCUT2D eigenvalue weighted by atomic mass is 16.6. The number of nitrogens with one attached hydrogen (secondary N) is 4. The number of nitrogens with zero attached hydrogens (tertiary/aromatic N) is 1. The fourth-order valence-corrected chi connectivity index (χ4v) is 4.38. The Labute approximate surface area is 221 Å². The van der Waals surface area contributed by atoms with Crippen molar-refractivity contribution in [3.63, 3.8) is 0 Å². The Bertz CT molecular complexity index is 785. The molecular weight excluding hydrogens is 478 g/mol. The molecule has 2 atom stereocenters. The molecule has 37 heavy (non-hydrogen) atoms. The summed E-state index contributed by atoms with van der Waals surface area (Å²) < 4.78 is 10.6. The quantitative estimate of drug-likeness (QED) is 0.339. The second-order valence-electron chi connectivity index (χ2n) is 11.9. The van der Waals surface area contributed by atoms with Crippen molar-refractivity contribution in [3.8, 4) is 0 Å². The number of carbonyl (C=O) groups is 4. The highest BCUT2D eigenvalue weighted by molar-refractivity contribution is 5.88. The predicted octanol–water partition coefficient (Wildman–Crippen LogP) is 2.29. The van der Waals surface area contributed by atoms with Crippen LogP contribution < -0.4 is 21.3 Å². The number of unbranched alkanes of at least 4 members (excludes halogenated alkanes) is 1. The van der Waals surface area contributed by atoms with E-state index in [-0.39, 0.29) is 23.8 Å². The van der Waals surface area contributed by atoms with Gasteiger partial charge in [0.25, 0.3) is 0 Å². The molecule has 2 aliphatic heterocycles. The molecule has 4 amide bonds. The van der Waals surface area contributed by atoms with Crippen LogP contribution in [0.5, 0.6) is 0 Å². The first-order valence-electron chi connectivity index (χ1n) is 13.5. The number of alkyl carbamates (subject to hydrolysis) is 2. The van der Waals surface area contributed by atoms with Crippen LogP contribution in [0, 0.1) is 5.92 Å². The van der Waals surface area contributed by atoms with Crippen molar-refractivity contribution >= 4 is 24.0 Å². The lowest BCUT2D eigenvalue weighted by atomic mass is 9.96. The number of amides is 4. The van der Waals surface area contributed by atoms with Gasteiger partial charge in [0.2, 0.25) is 11.8 Å². The van der Waals surface area contributed by atoms with Gasteiger partial charge in [-0.3, -0.25) is 9.59 Å². The first-order valence-corrected chi connectivity index (χ1v) is 13.5. The van der Waals surface area contributed by atoms with E-state index in [0.29, 0.717) is 45.3 Å². The fourth-order valence-electron chi connectivity index (χ4n) is 4.38. The van der Waals surface area contributed by atoms with E-state index in [1.807, 2.05) is 0 Å². The van der Waals surface area contributed by atoms with Crippen molar-refractivity contribution in [3.05, 3.63) is 0 Å². The maximum atomic E-state index is 13.4. The molecule has 0 aromatic heterocycles. The molecule has 0 aromatic carbocycles. The predicted molar refractivity (Wildman–Crippen MR) is 140 cm³/mol. The summed E-state index contributed by atoms with van der Waals surface area (Å²) in [5, 5.41) is 11.8. The second kappa shape index (κ2) is 13.8. The Kier molecular flexibility index (Phi) is 11.5. The van der Waals surface area contributed by atoms with Crippen LogP contribution in [-0.4, -0.2) is 84.9 Å². The maximum absolute atomic E-state index is 13.4. The third-order valence-corrected chi connectivity index (χ3v) is 6.13. The van der Waals surface area contributed by atoms with Gasteiger partial charge in [-0.1, -0.05) is 0 Å². The van der Waals surface area contributed by atoms with E-state index in [9.17, 15) is 19.2 Å². The lowest BCUT2D eigenvalue weighted by Crippen LogP contribution is -2.51. The molecule has 2 saturated heterocycles. The monoisotopic (exact) mass is 525 g/mol. The molecule has 0 radical (unpaired) electrons. The van der Waals surface area contributed by atoms with Crippen molar-refractivity contribution in [1.82, 2.24) is 26.2 Å². The van der Waals surface area contributed by atoms with Gasteiger partial charge in [-0.25, -0.2) is 9.59 Å². The Morgan fingerprint density at radius 2 is 1.54 bits per heavy atom. The summed E-state index contributed by atoms with van der Waals surface area (Å²) in [5.41, 5.74) is -1.16. The van der Waals surface area contributed by atoms with Crippen molar-refractivity contribution in [1.29, 1.82) is 0 Å². The smallest absolute Gasteiger partial charge is 0.407 e. The summed E-state index contributed by atoms with van der Waals surface area (Å²) in [6.45, 7) is 13.7. The zero-order valence-electron chi connectivity index (χ0n) is 23.4. The maximum Gasteiger partial charge on any atom is 0.407 e. The average Bonchev–Trinajstić information content (AvgIpc) is 3.23. The van der Waals surface area contributed by atoms with Crippen molar-refractivity contribution in [2.75, 3.05) is 32.7 Å². The van der Waals surface area contributed by atoms with E-state index in [4.69, 9.17) is 9.47 Å². The van der Waals surface area contributed by atoms with E-state index in [2.05, 4.69) is 21.3 Å². The summed E-state index contributed by atoms with van der Waals surface area (Å²) in [4.78, 5) is 52.0. The fraction of sp³-hybridized carbons (Fsp3) is 0.846. The van der Waals surface area contributed by atoms with Crippen LogP contribution in [0.25, 0.3) is 0 Å². The average molecular weight is 526 g/mol. The Morgan fingerprint density at radius 1 is 0.919 bits per heavy atom. The number of ether oxygens (including phenoxy) is 2. The molecule has 11 heteroatoms. The molecular formula is C26H47N5O6. The van der Waals surface area contributed by atoms with Gasteiger partial charge in [0.15, 0.2) is 0 Å². The molecule has 0 spiro atoms. The van der Waals surface area contributed by atoms with Crippen molar-refractivity contribution in [2.24, 2.45) is 5.92 Å². The minimum atomic E-state index is -0.649. The molecule has 2 rings (SSSR count). The Balaban J connectivity index is 1.90. The number of hydrogen-bond acceptors (Lipinski definition) is 7. The van der Waals surface area contributed by atoms with Crippen LogP contribution in [0.1, 0.15) is 80.1 Å². The summed E-state index contributed by atoms with van der Waals surface area (Å²) >= 11 is 0. The lowest BCUT2D eigenvalue weighted by Gasteiger charge is -2.28. The molecule has 2 fully saturated rings. The third-order valence-electron chi connectivity index (χ3n) is 6.13. The first-order chi connectivity index (χ1) is 17.2. The minimum absolute atomic E-state index is 0.0886. The Hall–Kier alpha value is -2.56. The van der Waals surface area contributed by atoms with Gasteiger partial charge in [0.05, 0.1) is 6.04 Å². The minimum Gasteiger partial charge on any atom is -0.444 e. The van der Waals surface area contributed by atoms with Gasteiger partial charge in [0.1, 0.15) is 17.2 Å². The van der Waals surface area contributed by atoms with Crippen LogP contribution in [0.3, 0.4) is 0 Å². The molecule has 2 aliphatic rings. The van der Waals surface area contributed by atoms with Crippen molar-refractivity contribution in [2.45, 2.75) is 103 Å². The van der Waals surface area contributed by atoms with Crippen LogP contribution in [0.4, 0.5) is 9.59 Å². The van der Waals surface area contributed by atoms with Crippen molar-refractivity contribution < 1.29 is 28.7 Å². The van der Waals surface area contributed by atoms with Gasteiger partial charge in [-0.2, -0.15) is 0 Å². The Morgan fingerprint density at radius 3 is 2.16 bits per heavy atom. The van der Waals surface area contributed by atoms with E-state index in [0.717, 1.165) is 25.9 Å². The summed E-state index contributed by atoms with van der Waals surface area (Å²) in [5.74, 6) is -0.337. The second-order valence-corrected chi connectivity index (χ2v) is 11.9. The summed E-state index contributed by atoms with van der Waals surface area (Å²) in [6.07, 6.45) is 2.91. The largest absolute Gasteiger partial charge is 0.444 e. The van der Waals surface area contributed by atoms with E-state index < -0.39 is 29.4 Å². The van der Waals surface area contributed by atoms with Crippen LogP contribution >= 0.6 is 0 Å². The standard InChI is InChI=1S/C26H47N5O6/c1-25(2,3)36-23(34)28-13-8-7-9-20(30-21(32)18-10-14-27-15-11-18)22(33)31-16-12-19(17-31)29-24(35)37-26(4,5)6/h18-20,27H,7-17H2,1-6H3,(H,28,34)(H,29,35)(H,30,32)/t19-,20+/m0/s1. The molecule has 0 aromatic rings. The van der Waals surface area contributed by atoms with E-state index in [1.165, 1.54) is 0 Å². The molecule has 0 aliphatic carbocycles. The van der Waals surface area contributed by atoms with Gasteiger partial charge in [0, 0.05) is 25.6 Å². The molecule has 212 valence electrons. The van der Waals surface area contributed by atoms with Gasteiger partial charge < -0.3 is 35.6 Å². The van der Waals surface area contributed by atoms with Crippen LogP contribution in [-0.2, 0) is 19.1 Å². The number of piperidine rings is 1. The number of carbonyl (C=O) groups excluding carboxylic acids is 4. The molecule has 2 heterocycles. The molecule has 0 saturated carbocycles.